The average Bonchev–Trinajstić information content (AvgIpc) is 3.04. The molecule has 2 aliphatic heterocycles. The van der Waals surface area contributed by atoms with Crippen molar-refractivity contribution in [2.24, 2.45) is 5.92 Å². The van der Waals surface area contributed by atoms with E-state index in [1.165, 1.54) is 36.4 Å². The van der Waals surface area contributed by atoms with Crippen molar-refractivity contribution in [3.63, 3.8) is 0 Å². The third-order valence-corrected chi connectivity index (χ3v) is 6.32. The van der Waals surface area contributed by atoms with Crippen molar-refractivity contribution in [1.82, 2.24) is 15.1 Å². The number of benzene rings is 2. The van der Waals surface area contributed by atoms with Gasteiger partial charge in [0.25, 0.3) is 11.8 Å². The highest BCUT2D eigenvalue weighted by Gasteiger charge is 2.34. The third-order valence-electron chi connectivity index (χ3n) is 6.32. The van der Waals surface area contributed by atoms with Crippen LogP contribution in [0.25, 0.3) is 0 Å². The Kier molecular flexibility index (Phi) is 7.00. The molecule has 32 heavy (non-hydrogen) atoms. The van der Waals surface area contributed by atoms with Crippen molar-refractivity contribution in [1.29, 1.82) is 0 Å². The number of imide groups is 1. The van der Waals surface area contributed by atoms with E-state index in [1.807, 2.05) is 0 Å². The van der Waals surface area contributed by atoms with Gasteiger partial charge in [0, 0.05) is 32.6 Å². The number of carbonyl (C=O) groups excluding carboxylic acids is 3. The first-order chi connectivity index (χ1) is 15.5. The molecule has 1 saturated heterocycles. The van der Waals surface area contributed by atoms with Crippen LogP contribution in [0.2, 0.25) is 0 Å². The van der Waals surface area contributed by atoms with Crippen LogP contribution in [0.4, 0.5) is 0 Å². The normalized spacial score (nSPS) is 18.7. The number of hydrogen-bond acceptors (Lipinski definition) is 4. The second-order valence-corrected chi connectivity index (χ2v) is 8.99. The van der Waals surface area contributed by atoms with Crippen LogP contribution in [-0.2, 0) is 17.9 Å². The molecule has 0 radical (unpaired) electrons. The van der Waals surface area contributed by atoms with Gasteiger partial charge in [-0.25, -0.2) is 0 Å². The molecule has 0 aliphatic carbocycles. The summed E-state index contributed by atoms with van der Waals surface area (Å²) in [6, 6.07) is 15.3. The Balaban J connectivity index is 1.18. The highest BCUT2D eigenvalue weighted by atomic mass is 16.2. The Bertz CT molecular complexity index is 951. The molecular formula is C26H31N3O3. The topological polar surface area (TPSA) is 69.7 Å². The van der Waals surface area contributed by atoms with Gasteiger partial charge in [-0.15, -0.1) is 0 Å². The van der Waals surface area contributed by atoms with Gasteiger partial charge in [-0.05, 0) is 55.0 Å². The van der Waals surface area contributed by atoms with E-state index in [2.05, 4.69) is 41.4 Å². The van der Waals surface area contributed by atoms with E-state index < -0.39 is 0 Å². The Hall–Kier alpha value is -2.99. The summed E-state index contributed by atoms with van der Waals surface area (Å²) >= 11 is 0. The molecule has 0 saturated carbocycles. The summed E-state index contributed by atoms with van der Waals surface area (Å²) in [6.45, 7) is 6.37. The summed E-state index contributed by atoms with van der Waals surface area (Å²) < 4.78 is 0. The fourth-order valence-corrected chi connectivity index (χ4v) is 4.58. The van der Waals surface area contributed by atoms with Crippen molar-refractivity contribution in [2.45, 2.75) is 45.7 Å². The maximum atomic E-state index is 12.4. The lowest BCUT2D eigenvalue weighted by atomic mass is 9.99. The summed E-state index contributed by atoms with van der Waals surface area (Å²) in [5.41, 5.74) is 3.25. The minimum Gasteiger partial charge on any atom is -0.352 e. The van der Waals surface area contributed by atoms with Gasteiger partial charge in [0.05, 0.1) is 11.1 Å². The van der Waals surface area contributed by atoms with Gasteiger partial charge in [0.1, 0.15) is 0 Å². The third kappa shape index (κ3) is 5.25. The highest BCUT2D eigenvalue weighted by Crippen LogP contribution is 2.22. The maximum Gasteiger partial charge on any atom is 0.261 e. The van der Waals surface area contributed by atoms with E-state index in [9.17, 15) is 14.4 Å². The van der Waals surface area contributed by atoms with Gasteiger partial charge < -0.3 is 5.32 Å². The Morgan fingerprint density at radius 3 is 2.31 bits per heavy atom. The zero-order chi connectivity index (χ0) is 22.5. The van der Waals surface area contributed by atoms with Crippen LogP contribution >= 0.6 is 0 Å². The monoisotopic (exact) mass is 433 g/mol. The molecule has 1 fully saturated rings. The van der Waals surface area contributed by atoms with E-state index >= 15 is 0 Å². The minimum atomic E-state index is -0.273. The number of fused-ring (bicyclic) bond motifs is 1. The number of hydrogen-bond donors (Lipinski definition) is 1. The van der Waals surface area contributed by atoms with Crippen LogP contribution in [0.1, 0.15) is 64.4 Å². The SMILES string of the molecule is CC1CCCN(Cc2ccc(CNC(=O)CCCN3C(=O)c4ccccc4C3=O)cc2)C1. The Morgan fingerprint density at radius 1 is 1.00 bits per heavy atom. The van der Waals surface area contributed by atoms with E-state index in [0.717, 1.165) is 18.0 Å². The Morgan fingerprint density at radius 2 is 1.66 bits per heavy atom. The van der Waals surface area contributed by atoms with Gasteiger partial charge in [-0.3, -0.25) is 24.2 Å². The zero-order valence-corrected chi connectivity index (χ0v) is 18.7. The molecule has 1 atom stereocenters. The number of nitrogens with zero attached hydrogens (tertiary/aromatic N) is 2. The molecule has 2 aromatic carbocycles. The smallest absolute Gasteiger partial charge is 0.261 e. The minimum absolute atomic E-state index is 0.0759. The number of carbonyl (C=O) groups is 3. The molecule has 2 aliphatic rings. The van der Waals surface area contributed by atoms with Crippen LogP contribution in [0.3, 0.4) is 0 Å². The number of piperidine rings is 1. The first kappa shape index (κ1) is 22.2. The van der Waals surface area contributed by atoms with Crippen molar-refractivity contribution >= 4 is 17.7 Å². The molecule has 6 nitrogen and oxygen atoms in total. The molecule has 168 valence electrons. The van der Waals surface area contributed by atoms with Gasteiger partial charge in [0.2, 0.25) is 5.91 Å². The van der Waals surface area contributed by atoms with E-state index in [4.69, 9.17) is 0 Å². The average molecular weight is 434 g/mol. The second-order valence-electron chi connectivity index (χ2n) is 8.99. The van der Waals surface area contributed by atoms with E-state index in [1.54, 1.807) is 24.3 Å². The maximum absolute atomic E-state index is 12.4. The molecular weight excluding hydrogens is 402 g/mol. The van der Waals surface area contributed by atoms with Crippen LogP contribution in [0.5, 0.6) is 0 Å². The van der Waals surface area contributed by atoms with Crippen molar-refractivity contribution in [3.8, 4) is 0 Å². The lowest BCUT2D eigenvalue weighted by Gasteiger charge is -2.30. The van der Waals surface area contributed by atoms with Crippen LogP contribution in [0.15, 0.2) is 48.5 Å². The first-order valence-corrected chi connectivity index (χ1v) is 11.5. The molecule has 3 amide bonds. The van der Waals surface area contributed by atoms with Gasteiger partial charge in [-0.2, -0.15) is 0 Å². The van der Waals surface area contributed by atoms with Gasteiger partial charge in [0.15, 0.2) is 0 Å². The van der Waals surface area contributed by atoms with Crippen molar-refractivity contribution in [2.75, 3.05) is 19.6 Å². The molecule has 2 heterocycles. The summed E-state index contributed by atoms with van der Waals surface area (Å²) in [5.74, 6) is 0.151. The van der Waals surface area contributed by atoms with Crippen LogP contribution in [-0.4, -0.2) is 47.2 Å². The van der Waals surface area contributed by atoms with Gasteiger partial charge >= 0.3 is 0 Å². The standard InChI is InChI=1S/C26H31N3O3/c1-19-6-4-14-28(17-19)18-21-12-10-20(11-13-21)16-27-24(30)9-5-15-29-25(31)22-7-2-3-8-23(22)26(29)32/h2-3,7-8,10-13,19H,4-6,9,14-18H2,1H3,(H,27,30). The number of likely N-dealkylation sites (tertiary alicyclic amines) is 1. The number of amides is 3. The number of nitrogens with one attached hydrogen (secondary N) is 1. The second kappa shape index (κ2) is 10.1. The predicted molar refractivity (Wildman–Crippen MR) is 123 cm³/mol. The predicted octanol–water partition coefficient (Wildman–Crippen LogP) is 3.61. The zero-order valence-electron chi connectivity index (χ0n) is 18.7. The Labute approximate surface area is 189 Å². The fraction of sp³-hybridized carbons (Fsp3) is 0.423. The number of rotatable bonds is 8. The van der Waals surface area contributed by atoms with Crippen molar-refractivity contribution < 1.29 is 14.4 Å². The van der Waals surface area contributed by atoms with Gasteiger partial charge in [-0.1, -0.05) is 43.3 Å². The molecule has 6 heteroatoms. The molecule has 2 aromatic rings. The molecule has 0 spiro atoms. The summed E-state index contributed by atoms with van der Waals surface area (Å²) in [5, 5.41) is 2.93. The van der Waals surface area contributed by atoms with E-state index in [0.29, 0.717) is 24.1 Å². The summed E-state index contributed by atoms with van der Waals surface area (Å²) in [7, 11) is 0. The van der Waals surface area contributed by atoms with Crippen LogP contribution in [0, 0.1) is 5.92 Å². The molecule has 0 bridgehead atoms. The first-order valence-electron chi connectivity index (χ1n) is 11.5. The quantitative estimate of drug-likeness (QED) is 0.646. The summed E-state index contributed by atoms with van der Waals surface area (Å²) in [6.07, 6.45) is 3.33. The largest absolute Gasteiger partial charge is 0.352 e. The molecule has 1 unspecified atom stereocenters. The highest BCUT2D eigenvalue weighted by molar-refractivity contribution is 6.21. The fourth-order valence-electron chi connectivity index (χ4n) is 4.58. The summed E-state index contributed by atoms with van der Waals surface area (Å²) in [4.78, 5) is 40.7. The lowest BCUT2D eigenvalue weighted by molar-refractivity contribution is -0.121. The van der Waals surface area contributed by atoms with Crippen molar-refractivity contribution in [3.05, 3.63) is 70.8 Å². The molecule has 1 N–H and O–H groups in total. The van der Waals surface area contributed by atoms with Crippen LogP contribution < -0.4 is 5.32 Å². The molecule has 4 rings (SSSR count). The molecule has 0 aromatic heterocycles. The van der Waals surface area contributed by atoms with E-state index in [-0.39, 0.29) is 30.7 Å². The lowest BCUT2D eigenvalue weighted by Crippen LogP contribution is -2.33.